The van der Waals surface area contributed by atoms with E-state index in [1.165, 1.54) is 0 Å². The molecular weight excluding hydrogens is 352 g/mol. The van der Waals surface area contributed by atoms with E-state index in [0.29, 0.717) is 6.42 Å². The van der Waals surface area contributed by atoms with Gasteiger partial charge in [-0.3, -0.25) is 14.4 Å². The maximum Gasteiger partial charge on any atom is 0.331 e. The van der Waals surface area contributed by atoms with E-state index in [1.54, 1.807) is 0 Å². The van der Waals surface area contributed by atoms with Crippen molar-refractivity contribution in [2.45, 2.75) is 89.8 Å². The third-order valence-corrected chi connectivity index (χ3v) is 4.41. The van der Waals surface area contributed by atoms with Crippen LogP contribution in [0.5, 0.6) is 0 Å². The fourth-order valence-electron chi connectivity index (χ4n) is 2.89. The van der Waals surface area contributed by atoms with Gasteiger partial charge in [-0.25, -0.2) is 4.79 Å². The maximum atomic E-state index is 12.3. The molecule has 1 aliphatic heterocycles. The number of carboxylic acids is 1. The number of ketones is 1. The number of carboxylic acid groups (broad SMARTS) is 1. The lowest BCUT2D eigenvalue weighted by Gasteiger charge is -2.16. The zero-order chi connectivity index (χ0) is 20.1. The molecule has 0 unspecified atom stereocenters. The quantitative estimate of drug-likeness (QED) is 0.743. The van der Waals surface area contributed by atoms with Crippen LogP contribution in [0, 0.1) is 0 Å². The molecule has 1 heterocycles. The molecule has 152 valence electrons. The number of aliphatic carboxylic acids is 1. The summed E-state index contributed by atoms with van der Waals surface area (Å²) in [5.74, 6) is -2.92. The first-order chi connectivity index (χ1) is 12.9. The van der Waals surface area contributed by atoms with Crippen LogP contribution >= 0.6 is 0 Å². The highest BCUT2D eigenvalue weighted by atomic mass is 16.5. The summed E-state index contributed by atoms with van der Waals surface area (Å²) in [6, 6.07) is 0. The number of carbonyl (C=O) groups is 4. The Morgan fingerprint density at radius 1 is 1.00 bits per heavy atom. The third kappa shape index (κ3) is 11.2. The normalized spacial score (nSPS) is 23.4. The Morgan fingerprint density at radius 2 is 1.59 bits per heavy atom. The van der Waals surface area contributed by atoms with Gasteiger partial charge in [-0.2, -0.15) is 0 Å². The summed E-state index contributed by atoms with van der Waals surface area (Å²) in [7, 11) is 0. The van der Waals surface area contributed by atoms with Crippen molar-refractivity contribution >= 4 is 23.7 Å². The monoisotopic (exact) mass is 382 g/mol. The fraction of sp³-hybridized carbons (Fsp3) is 0.700. The smallest absolute Gasteiger partial charge is 0.331 e. The molecule has 0 saturated heterocycles. The summed E-state index contributed by atoms with van der Waals surface area (Å²) in [5.41, 5.74) is 0. The number of ether oxygens (including phenoxy) is 2. The Hall–Kier alpha value is -2.18. The molecule has 1 N–H and O–H groups in total. The summed E-state index contributed by atoms with van der Waals surface area (Å²) in [6.07, 6.45) is 8.45. The van der Waals surface area contributed by atoms with Crippen molar-refractivity contribution in [1.29, 1.82) is 0 Å². The van der Waals surface area contributed by atoms with Crippen LogP contribution in [-0.2, 0) is 28.7 Å². The predicted molar refractivity (Wildman–Crippen MR) is 98.0 cm³/mol. The van der Waals surface area contributed by atoms with Crippen LogP contribution in [-0.4, -0.2) is 41.0 Å². The van der Waals surface area contributed by atoms with Crippen molar-refractivity contribution in [3.05, 3.63) is 12.2 Å². The van der Waals surface area contributed by atoms with Gasteiger partial charge in [-0.05, 0) is 38.7 Å². The average molecular weight is 382 g/mol. The highest BCUT2D eigenvalue weighted by molar-refractivity contribution is 5.99. The van der Waals surface area contributed by atoms with E-state index in [2.05, 4.69) is 0 Å². The Bertz CT molecular complexity index is 538. The van der Waals surface area contributed by atoms with Crippen molar-refractivity contribution in [2.75, 3.05) is 0 Å². The first-order valence-electron chi connectivity index (χ1n) is 9.72. The molecule has 1 rings (SSSR count). The average Bonchev–Trinajstić information content (AvgIpc) is 2.61. The number of hydrogen-bond acceptors (Lipinski definition) is 6. The maximum absolute atomic E-state index is 12.3. The summed E-state index contributed by atoms with van der Waals surface area (Å²) in [5, 5.41) is 8.63. The number of rotatable bonds is 4. The van der Waals surface area contributed by atoms with Gasteiger partial charge >= 0.3 is 17.9 Å². The van der Waals surface area contributed by atoms with Crippen LogP contribution in [0.25, 0.3) is 0 Å². The standard InChI is InChI=1S/C20H30O7/c1-15-9-7-5-3-2-4-6-8-10-17(16(21)11-13-19(24)26-15)27-20(25)14-12-18(22)23/h11,13,15,17H,2-10,12,14H2,1H3,(H,22,23)/t15-,17+/m1/s1. The minimum atomic E-state index is -1.10. The number of esters is 2. The van der Waals surface area contributed by atoms with Crippen LogP contribution in [0.4, 0.5) is 0 Å². The molecule has 0 bridgehead atoms. The molecule has 0 aromatic carbocycles. The van der Waals surface area contributed by atoms with Crippen molar-refractivity contribution < 1.29 is 33.8 Å². The summed E-state index contributed by atoms with van der Waals surface area (Å²) >= 11 is 0. The molecule has 1 aliphatic rings. The number of carbonyl (C=O) groups excluding carboxylic acids is 3. The second-order valence-corrected chi connectivity index (χ2v) is 6.91. The minimum absolute atomic E-state index is 0.213. The van der Waals surface area contributed by atoms with Crippen molar-refractivity contribution in [1.82, 2.24) is 0 Å². The van der Waals surface area contributed by atoms with E-state index in [0.717, 1.165) is 63.5 Å². The molecular formula is C20H30O7. The Morgan fingerprint density at radius 3 is 2.22 bits per heavy atom. The lowest BCUT2D eigenvalue weighted by atomic mass is 10.0. The molecule has 7 heteroatoms. The molecule has 0 aliphatic carbocycles. The molecule has 0 radical (unpaired) electrons. The fourth-order valence-corrected chi connectivity index (χ4v) is 2.89. The Balaban J connectivity index is 2.70. The molecule has 0 amide bonds. The van der Waals surface area contributed by atoms with Crippen molar-refractivity contribution in [3.63, 3.8) is 0 Å². The second-order valence-electron chi connectivity index (χ2n) is 6.91. The largest absolute Gasteiger partial charge is 0.481 e. The molecule has 0 fully saturated rings. The summed E-state index contributed by atoms with van der Waals surface area (Å²) in [6.45, 7) is 1.82. The molecule has 0 spiro atoms. The Kier molecular flexibility index (Phi) is 11.1. The lowest BCUT2D eigenvalue weighted by molar-refractivity contribution is -0.155. The van der Waals surface area contributed by atoms with Gasteiger partial charge in [0.1, 0.15) is 0 Å². The van der Waals surface area contributed by atoms with Gasteiger partial charge in [0.25, 0.3) is 0 Å². The van der Waals surface area contributed by atoms with Crippen LogP contribution in [0.3, 0.4) is 0 Å². The summed E-state index contributed by atoms with van der Waals surface area (Å²) < 4.78 is 10.4. The first kappa shape index (κ1) is 22.9. The molecule has 0 aromatic rings. The van der Waals surface area contributed by atoms with E-state index in [1.807, 2.05) is 6.92 Å². The predicted octanol–water partition coefficient (Wildman–Crippen LogP) is 3.34. The van der Waals surface area contributed by atoms with Crippen LogP contribution in [0.15, 0.2) is 12.2 Å². The van der Waals surface area contributed by atoms with Gasteiger partial charge in [0.15, 0.2) is 11.9 Å². The number of hydrogen-bond donors (Lipinski definition) is 1. The van der Waals surface area contributed by atoms with Gasteiger partial charge in [0.2, 0.25) is 0 Å². The minimum Gasteiger partial charge on any atom is -0.481 e. The SMILES string of the molecule is C[C@@H]1CCCCCCCCC[C@H](OC(=O)CCC(=O)O)C(=O)C=CC(=O)O1. The first-order valence-corrected chi connectivity index (χ1v) is 9.72. The second kappa shape index (κ2) is 13.1. The van der Waals surface area contributed by atoms with Gasteiger partial charge in [0, 0.05) is 6.08 Å². The molecule has 2 atom stereocenters. The molecule has 7 nitrogen and oxygen atoms in total. The number of cyclic esters (lactones) is 1. The summed E-state index contributed by atoms with van der Waals surface area (Å²) in [4.78, 5) is 46.5. The van der Waals surface area contributed by atoms with Gasteiger partial charge in [0.05, 0.1) is 18.9 Å². The zero-order valence-corrected chi connectivity index (χ0v) is 16.0. The topological polar surface area (TPSA) is 107 Å². The highest BCUT2D eigenvalue weighted by Gasteiger charge is 2.21. The van der Waals surface area contributed by atoms with E-state index in [9.17, 15) is 19.2 Å². The van der Waals surface area contributed by atoms with Crippen LogP contribution < -0.4 is 0 Å². The van der Waals surface area contributed by atoms with Crippen molar-refractivity contribution in [2.24, 2.45) is 0 Å². The van der Waals surface area contributed by atoms with Crippen LogP contribution in [0.2, 0.25) is 0 Å². The Labute approximate surface area is 160 Å². The van der Waals surface area contributed by atoms with Crippen molar-refractivity contribution in [3.8, 4) is 0 Å². The van der Waals surface area contributed by atoms with Gasteiger partial charge in [-0.1, -0.05) is 32.1 Å². The van der Waals surface area contributed by atoms with Gasteiger partial charge in [-0.15, -0.1) is 0 Å². The van der Waals surface area contributed by atoms with E-state index < -0.39 is 29.8 Å². The molecule has 0 saturated carbocycles. The molecule has 0 aromatic heterocycles. The van der Waals surface area contributed by atoms with E-state index in [-0.39, 0.29) is 18.9 Å². The van der Waals surface area contributed by atoms with Gasteiger partial charge < -0.3 is 14.6 Å². The van der Waals surface area contributed by atoms with Crippen LogP contribution in [0.1, 0.15) is 77.6 Å². The molecule has 27 heavy (non-hydrogen) atoms. The van der Waals surface area contributed by atoms with E-state index in [4.69, 9.17) is 14.6 Å². The van der Waals surface area contributed by atoms with E-state index >= 15 is 0 Å². The lowest BCUT2D eigenvalue weighted by Crippen LogP contribution is -2.26. The zero-order valence-electron chi connectivity index (χ0n) is 16.0. The third-order valence-electron chi connectivity index (χ3n) is 4.41. The highest BCUT2D eigenvalue weighted by Crippen LogP contribution is 2.15.